The molecule has 3 rings (SSSR count). The molecule has 2 aromatic carbocycles. The maximum atomic E-state index is 14.0. The Morgan fingerprint density at radius 2 is 1.82 bits per heavy atom. The Balaban J connectivity index is 1.53. The fourth-order valence-electron chi connectivity index (χ4n) is 3.37. The van der Waals surface area contributed by atoms with Gasteiger partial charge < -0.3 is 20.3 Å². The van der Waals surface area contributed by atoms with Crippen molar-refractivity contribution in [3.05, 3.63) is 65.2 Å². The molecule has 0 spiro atoms. The molecule has 28 heavy (non-hydrogen) atoms. The predicted octanol–water partition coefficient (Wildman–Crippen LogP) is 3.06. The number of benzene rings is 2. The minimum absolute atomic E-state index is 0.0471. The van der Waals surface area contributed by atoms with Crippen LogP contribution in [0.2, 0.25) is 0 Å². The van der Waals surface area contributed by atoms with Crippen LogP contribution in [0.25, 0.3) is 0 Å². The van der Waals surface area contributed by atoms with E-state index < -0.39 is 11.6 Å². The van der Waals surface area contributed by atoms with E-state index in [0.29, 0.717) is 32.2 Å². The van der Waals surface area contributed by atoms with Gasteiger partial charge in [-0.3, -0.25) is 4.99 Å². The van der Waals surface area contributed by atoms with Gasteiger partial charge in [0.25, 0.3) is 0 Å². The van der Waals surface area contributed by atoms with Crippen molar-refractivity contribution in [2.24, 2.45) is 4.99 Å². The number of hydrogen-bond donors (Lipinski definition) is 2. The number of rotatable bonds is 6. The summed E-state index contributed by atoms with van der Waals surface area (Å²) in [5.74, 6) is -0.387. The summed E-state index contributed by atoms with van der Waals surface area (Å²) in [6, 6.07) is 12.2. The van der Waals surface area contributed by atoms with Gasteiger partial charge in [0, 0.05) is 39.8 Å². The van der Waals surface area contributed by atoms with Gasteiger partial charge in [0.2, 0.25) is 0 Å². The molecule has 2 N–H and O–H groups in total. The fourth-order valence-corrected chi connectivity index (χ4v) is 3.37. The fraction of sp³-hybridized carbons (Fsp3) is 0.381. The van der Waals surface area contributed by atoms with Crippen LogP contribution >= 0.6 is 0 Å². The third-order valence-electron chi connectivity index (χ3n) is 4.80. The van der Waals surface area contributed by atoms with Crippen LogP contribution in [0.1, 0.15) is 17.5 Å². The first-order valence-electron chi connectivity index (χ1n) is 9.33. The summed E-state index contributed by atoms with van der Waals surface area (Å²) in [6.45, 7) is 2.33. The summed E-state index contributed by atoms with van der Waals surface area (Å²) >= 11 is 0. The van der Waals surface area contributed by atoms with E-state index in [1.165, 1.54) is 18.2 Å². The van der Waals surface area contributed by atoms with Crippen molar-refractivity contribution < 1.29 is 13.5 Å². The summed E-state index contributed by atoms with van der Waals surface area (Å²) in [6.07, 6.45) is 0.778. The Labute approximate surface area is 164 Å². The number of hydrogen-bond acceptors (Lipinski definition) is 3. The van der Waals surface area contributed by atoms with Crippen molar-refractivity contribution in [1.82, 2.24) is 10.6 Å². The van der Waals surface area contributed by atoms with Gasteiger partial charge in [-0.1, -0.05) is 30.3 Å². The highest BCUT2D eigenvalue weighted by Gasteiger charge is 2.27. The molecule has 0 aliphatic carbocycles. The maximum absolute atomic E-state index is 14.0. The van der Waals surface area contributed by atoms with Crippen LogP contribution in [0.3, 0.4) is 0 Å². The summed E-state index contributed by atoms with van der Waals surface area (Å²) in [4.78, 5) is 5.99. The second-order valence-electron chi connectivity index (χ2n) is 6.82. The molecule has 0 amide bonds. The van der Waals surface area contributed by atoms with E-state index in [4.69, 9.17) is 4.74 Å². The average Bonchev–Trinajstić information content (AvgIpc) is 3.14. The molecule has 2 aromatic rings. The van der Waals surface area contributed by atoms with Gasteiger partial charge in [0.15, 0.2) is 5.96 Å². The van der Waals surface area contributed by atoms with Crippen LogP contribution in [-0.4, -0.2) is 39.2 Å². The summed E-state index contributed by atoms with van der Waals surface area (Å²) < 4.78 is 33.1. The normalized spacial score (nSPS) is 17.1. The largest absolute Gasteiger partial charge is 0.380 e. The van der Waals surface area contributed by atoms with Crippen molar-refractivity contribution >= 4 is 11.6 Å². The van der Waals surface area contributed by atoms with Crippen LogP contribution in [-0.2, 0) is 17.9 Å². The van der Waals surface area contributed by atoms with Crippen molar-refractivity contribution in [1.29, 1.82) is 0 Å². The second kappa shape index (κ2) is 9.50. The standard InChI is InChI=1S/C21H26F2N4O/c1-24-21(25-12-15-6-8-16(9-7-15)14-28-2)26-17-10-11-27(13-17)20-18(22)4-3-5-19(20)23/h3-9,17H,10-14H2,1-2H3,(H2,24,25,26). The average molecular weight is 388 g/mol. The van der Waals surface area contributed by atoms with E-state index in [9.17, 15) is 8.78 Å². The number of nitrogens with zero attached hydrogens (tertiary/aromatic N) is 2. The van der Waals surface area contributed by atoms with E-state index in [0.717, 1.165) is 17.5 Å². The van der Waals surface area contributed by atoms with Crippen molar-refractivity contribution in [3.8, 4) is 0 Å². The first-order valence-corrected chi connectivity index (χ1v) is 9.33. The zero-order valence-corrected chi connectivity index (χ0v) is 16.2. The number of aliphatic imine (C=N–C) groups is 1. The Hall–Kier alpha value is -2.67. The number of ether oxygens (including phenoxy) is 1. The third kappa shape index (κ3) is 4.98. The van der Waals surface area contributed by atoms with Crippen molar-refractivity contribution in [2.75, 3.05) is 32.1 Å². The molecule has 7 heteroatoms. The lowest BCUT2D eigenvalue weighted by molar-refractivity contribution is 0.185. The van der Waals surface area contributed by atoms with Gasteiger partial charge in [-0.15, -0.1) is 0 Å². The molecular formula is C21H26F2N4O. The Morgan fingerprint density at radius 1 is 1.14 bits per heavy atom. The molecule has 0 radical (unpaired) electrons. The van der Waals surface area contributed by atoms with Crippen molar-refractivity contribution in [2.45, 2.75) is 25.6 Å². The molecule has 1 aliphatic heterocycles. The summed E-state index contributed by atoms with van der Waals surface area (Å²) in [5, 5.41) is 6.62. The minimum atomic E-state index is -0.528. The number of methoxy groups -OCH3 is 1. The van der Waals surface area contributed by atoms with Gasteiger partial charge in [-0.05, 0) is 29.7 Å². The van der Waals surface area contributed by atoms with E-state index in [1.807, 2.05) is 24.3 Å². The first-order chi connectivity index (χ1) is 13.6. The molecule has 1 aliphatic rings. The molecular weight excluding hydrogens is 362 g/mol. The van der Waals surface area contributed by atoms with Crippen LogP contribution in [0.4, 0.5) is 14.5 Å². The second-order valence-corrected chi connectivity index (χ2v) is 6.82. The number of anilines is 1. The van der Waals surface area contributed by atoms with Gasteiger partial charge >= 0.3 is 0 Å². The Kier molecular flexibility index (Phi) is 6.81. The van der Waals surface area contributed by atoms with Crippen LogP contribution in [0.15, 0.2) is 47.5 Å². The highest BCUT2D eigenvalue weighted by molar-refractivity contribution is 5.80. The molecule has 1 fully saturated rings. The van der Waals surface area contributed by atoms with Gasteiger partial charge in [-0.2, -0.15) is 0 Å². The third-order valence-corrected chi connectivity index (χ3v) is 4.80. The highest BCUT2D eigenvalue weighted by Crippen LogP contribution is 2.26. The van der Waals surface area contributed by atoms with E-state index in [2.05, 4.69) is 15.6 Å². The molecule has 1 unspecified atom stereocenters. The van der Waals surface area contributed by atoms with Crippen molar-refractivity contribution in [3.63, 3.8) is 0 Å². The molecule has 1 heterocycles. The predicted molar refractivity (Wildman–Crippen MR) is 107 cm³/mol. The number of nitrogens with one attached hydrogen (secondary N) is 2. The lowest BCUT2D eigenvalue weighted by Gasteiger charge is -2.21. The highest BCUT2D eigenvalue weighted by atomic mass is 19.1. The molecule has 150 valence electrons. The van der Waals surface area contributed by atoms with Gasteiger partial charge in [0.05, 0.1) is 6.61 Å². The number of halogens is 2. The first kappa shape index (κ1) is 20.1. The van der Waals surface area contributed by atoms with E-state index in [-0.39, 0.29) is 11.7 Å². The number of para-hydroxylation sites is 1. The maximum Gasteiger partial charge on any atom is 0.191 e. The smallest absolute Gasteiger partial charge is 0.191 e. The van der Waals surface area contributed by atoms with E-state index in [1.54, 1.807) is 19.1 Å². The molecule has 1 atom stereocenters. The minimum Gasteiger partial charge on any atom is -0.380 e. The topological polar surface area (TPSA) is 48.9 Å². The Morgan fingerprint density at radius 3 is 2.46 bits per heavy atom. The van der Waals surface area contributed by atoms with E-state index >= 15 is 0 Å². The molecule has 0 aromatic heterocycles. The molecule has 0 saturated carbocycles. The molecule has 1 saturated heterocycles. The summed E-state index contributed by atoms with van der Waals surface area (Å²) in [5.41, 5.74) is 2.30. The molecule has 5 nitrogen and oxygen atoms in total. The van der Waals surface area contributed by atoms with Gasteiger partial charge in [0.1, 0.15) is 17.3 Å². The quantitative estimate of drug-likeness (QED) is 0.590. The lowest BCUT2D eigenvalue weighted by Crippen LogP contribution is -2.44. The zero-order valence-electron chi connectivity index (χ0n) is 16.2. The zero-order chi connectivity index (χ0) is 19.9. The summed E-state index contributed by atoms with van der Waals surface area (Å²) in [7, 11) is 3.39. The van der Waals surface area contributed by atoms with Crippen LogP contribution in [0, 0.1) is 11.6 Å². The number of guanidine groups is 1. The van der Waals surface area contributed by atoms with Crippen LogP contribution < -0.4 is 15.5 Å². The lowest BCUT2D eigenvalue weighted by atomic mass is 10.1. The Bertz CT molecular complexity index is 790. The monoisotopic (exact) mass is 388 g/mol. The van der Waals surface area contributed by atoms with Gasteiger partial charge in [-0.25, -0.2) is 8.78 Å². The van der Waals surface area contributed by atoms with Crippen LogP contribution in [0.5, 0.6) is 0 Å². The SMILES string of the molecule is CN=C(NCc1ccc(COC)cc1)NC1CCN(c2c(F)cccc2F)C1. The molecule has 0 bridgehead atoms.